The first-order valence-corrected chi connectivity index (χ1v) is 6.08. The van der Waals surface area contributed by atoms with E-state index >= 15 is 0 Å². The molecule has 0 bridgehead atoms. The number of carbonyl (C=O) groups excluding carboxylic acids is 2. The van der Waals surface area contributed by atoms with E-state index in [1.807, 2.05) is 0 Å². The van der Waals surface area contributed by atoms with Crippen molar-refractivity contribution >= 4 is 23.7 Å². The molecule has 0 rings (SSSR count). The minimum atomic E-state index is -0.943. The maximum atomic E-state index is 11.8. The number of hydrogen-bond donors (Lipinski definition) is 0. The molecule has 106 valence electrons. The molecule has 5 nitrogen and oxygen atoms in total. The van der Waals surface area contributed by atoms with E-state index in [1.54, 1.807) is 34.6 Å². The van der Waals surface area contributed by atoms with E-state index in [1.165, 1.54) is 6.92 Å². The second kappa shape index (κ2) is 6.27. The molecule has 0 aromatic carbocycles. The summed E-state index contributed by atoms with van der Waals surface area (Å²) in [5, 5.41) is 0. The lowest BCUT2D eigenvalue weighted by Crippen LogP contribution is -2.37. The van der Waals surface area contributed by atoms with Gasteiger partial charge in [0, 0.05) is 0 Å². The van der Waals surface area contributed by atoms with Gasteiger partial charge in [0.25, 0.3) is 0 Å². The van der Waals surface area contributed by atoms with E-state index in [0.717, 1.165) is 0 Å². The summed E-state index contributed by atoms with van der Waals surface area (Å²) in [6.07, 6.45) is -0.908. The summed E-state index contributed by atoms with van der Waals surface area (Å²) in [6, 6.07) is 0. The molecule has 0 aromatic rings. The first kappa shape index (κ1) is 17.0. The van der Waals surface area contributed by atoms with Crippen molar-refractivity contribution in [1.29, 1.82) is 0 Å². The molecular weight excluding hydrogens is 260 g/mol. The highest BCUT2D eigenvalue weighted by Gasteiger charge is 2.34. The highest BCUT2D eigenvalue weighted by molar-refractivity contribution is 6.19. The van der Waals surface area contributed by atoms with Crippen molar-refractivity contribution in [2.45, 2.75) is 52.7 Å². The Labute approximate surface area is 113 Å². The summed E-state index contributed by atoms with van der Waals surface area (Å²) < 4.78 is 14.6. The number of rotatable bonds is 4. The lowest BCUT2D eigenvalue weighted by atomic mass is 9.95. The second-order valence-corrected chi connectivity index (χ2v) is 6.20. The Kier molecular flexibility index (Phi) is 5.93. The quantitative estimate of drug-likeness (QED) is 0.585. The molecule has 0 saturated carbocycles. The fourth-order valence-corrected chi connectivity index (χ4v) is 0.954. The van der Waals surface area contributed by atoms with Crippen LogP contribution in [0.4, 0.5) is 4.79 Å². The first-order chi connectivity index (χ1) is 7.94. The zero-order valence-corrected chi connectivity index (χ0v) is 12.5. The summed E-state index contributed by atoms with van der Waals surface area (Å²) in [4.78, 5) is 23.0. The lowest BCUT2D eigenvalue weighted by Gasteiger charge is -2.27. The Morgan fingerprint density at radius 3 is 2.06 bits per heavy atom. The predicted octanol–water partition coefficient (Wildman–Crippen LogP) is 3.09. The van der Waals surface area contributed by atoms with Gasteiger partial charge in [0.2, 0.25) is 0 Å². The standard InChI is InChI=1S/C12H21ClO5/c1-8(13)17-10(15)16-7-12(5,6)9(14)18-11(2,3)4/h8H,7H2,1-6H3. The van der Waals surface area contributed by atoms with Gasteiger partial charge in [-0.05, 0) is 41.5 Å². The van der Waals surface area contributed by atoms with Gasteiger partial charge in [-0.2, -0.15) is 0 Å². The molecule has 0 spiro atoms. The molecule has 1 unspecified atom stereocenters. The van der Waals surface area contributed by atoms with E-state index in [2.05, 4.69) is 4.74 Å². The van der Waals surface area contributed by atoms with Gasteiger partial charge in [-0.3, -0.25) is 4.79 Å². The van der Waals surface area contributed by atoms with Gasteiger partial charge < -0.3 is 14.2 Å². The fourth-order valence-electron chi connectivity index (χ4n) is 0.881. The predicted molar refractivity (Wildman–Crippen MR) is 67.4 cm³/mol. The number of halogens is 1. The van der Waals surface area contributed by atoms with Gasteiger partial charge >= 0.3 is 12.1 Å². The Hall–Kier alpha value is -0.970. The van der Waals surface area contributed by atoms with Gasteiger partial charge in [-0.25, -0.2) is 4.79 Å². The number of carbonyl (C=O) groups is 2. The van der Waals surface area contributed by atoms with Crippen molar-refractivity contribution < 1.29 is 23.8 Å². The monoisotopic (exact) mass is 280 g/mol. The van der Waals surface area contributed by atoms with Crippen LogP contribution in [-0.2, 0) is 19.0 Å². The molecule has 0 aliphatic rings. The summed E-state index contributed by atoms with van der Waals surface area (Å²) >= 11 is 5.46. The number of esters is 1. The van der Waals surface area contributed by atoms with Crippen molar-refractivity contribution in [1.82, 2.24) is 0 Å². The van der Waals surface area contributed by atoms with Crippen LogP contribution in [0.15, 0.2) is 0 Å². The molecule has 0 amide bonds. The van der Waals surface area contributed by atoms with Crippen LogP contribution in [0.25, 0.3) is 0 Å². The van der Waals surface area contributed by atoms with E-state index in [-0.39, 0.29) is 6.61 Å². The topological polar surface area (TPSA) is 61.8 Å². The zero-order chi connectivity index (χ0) is 14.6. The van der Waals surface area contributed by atoms with Crippen LogP contribution >= 0.6 is 11.6 Å². The van der Waals surface area contributed by atoms with Crippen molar-refractivity contribution in [2.24, 2.45) is 5.41 Å². The van der Waals surface area contributed by atoms with E-state index in [0.29, 0.717) is 0 Å². The Morgan fingerprint density at radius 2 is 1.67 bits per heavy atom. The maximum absolute atomic E-state index is 11.8. The fraction of sp³-hybridized carbons (Fsp3) is 0.833. The van der Waals surface area contributed by atoms with Crippen LogP contribution in [-0.4, -0.2) is 29.9 Å². The van der Waals surface area contributed by atoms with Crippen molar-refractivity contribution in [2.75, 3.05) is 6.61 Å². The Balaban J connectivity index is 4.30. The third-order valence-electron chi connectivity index (χ3n) is 1.76. The minimum absolute atomic E-state index is 0.135. The summed E-state index contributed by atoms with van der Waals surface area (Å²) in [7, 11) is 0. The van der Waals surface area contributed by atoms with Crippen molar-refractivity contribution in [3.05, 3.63) is 0 Å². The highest BCUT2D eigenvalue weighted by Crippen LogP contribution is 2.22. The molecule has 0 aromatic heterocycles. The van der Waals surface area contributed by atoms with Crippen LogP contribution in [0.1, 0.15) is 41.5 Å². The van der Waals surface area contributed by atoms with Gasteiger partial charge in [0.1, 0.15) is 12.2 Å². The van der Waals surface area contributed by atoms with Crippen LogP contribution in [0.5, 0.6) is 0 Å². The first-order valence-electron chi connectivity index (χ1n) is 5.65. The van der Waals surface area contributed by atoms with Crippen LogP contribution in [0.2, 0.25) is 0 Å². The molecule has 0 aliphatic heterocycles. The SMILES string of the molecule is CC(Cl)OC(=O)OCC(C)(C)C(=O)OC(C)(C)C. The molecule has 0 heterocycles. The minimum Gasteiger partial charge on any atom is -0.459 e. The molecule has 0 N–H and O–H groups in total. The summed E-state index contributed by atoms with van der Waals surface area (Å²) in [6.45, 7) is 9.91. The van der Waals surface area contributed by atoms with Gasteiger partial charge in [-0.1, -0.05) is 11.6 Å². The van der Waals surface area contributed by atoms with Crippen molar-refractivity contribution in [3.63, 3.8) is 0 Å². The third-order valence-corrected chi connectivity index (χ3v) is 1.85. The molecule has 18 heavy (non-hydrogen) atoms. The number of hydrogen-bond acceptors (Lipinski definition) is 5. The maximum Gasteiger partial charge on any atom is 0.509 e. The average Bonchev–Trinajstić information content (AvgIpc) is 2.11. The molecular formula is C12H21ClO5. The average molecular weight is 281 g/mol. The second-order valence-electron chi connectivity index (χ2n) is 5.59. The van der Waals surface area contributed by atoms with Gasteiger partial charge in [0.15, 0.2) is 5.56 Å². The highest BCUT2D eigenvalue weighted by atomic mass is 35.5. The summed E-state index contributed by atoms with van der Waals surface area (Å²) in [5.74, 6) is -0.443. The van der Waals surface area contributed by atoms with Gasteiger partial charge in [0.05, 0.1) is 5.41 Å². The summed E-state index contributed by atoms with van der Waals surface area (Å²) in [5.41, 5.74) is -2.30. The Bertz CT molecular complexity index is 304. The normalized spacial score (nSPS) is 13.7. The van der Waals surface area contributed by atoms with Crippen molar-refractivity contribution in [3.8, 4) is 0 Å². The van der Waals surface area contributed by atoms with E-state index in [4.69, 9.17) is 21.1 Å². The molecule has 0 saturated heterocycles. The van der Waals surface area contributed by atoms with Crippen LogP contribution in [0, 0.1) is 5.41 Å². The van der Waals surface area contributed by atoms with E-state index < -0.39 is 28.7 Å². The smallest absolute Gasteiger partial charge is 0.459 e. The number of alkyl halides is 1. The molecule has 0 fully saturated rings. The zero-order valence-electron chi connectivity index (χ0n) is 11.7. The third kappa shape index (κ3) is 7.37. The van der Waals surface area contributed by atoms with Crippen LogP contribution in [0.3, 0.4) is 0 Å². The van der Waals surface area contributed by atoms with E-state index in [9.17, 15) is 9.59 Å². The largest absolute Gasteiger partial charge is 0.509 e. The molecule has 0 aliphatic carbocycles. The molecule has 0 radical (unpaired) electrons. The molecule has 1 atom stereocenters. The van der Waals surface area contributed by atoms with Crippen LogP contribution < -0.4 is 0 Å². The lowest BCUT2D eigenvalue weighted by molar-refractivity contribution is -0.168. The Morgan fingerprint density at radius 1 is 1.17 bits per heavy atom. The number of ether oxygens (including phenoxy) is 3. The molecule has 6 heteroatoms. The van der Waals surface area contributed by atoms with Gasteiger partial charge in [-0.15, -0.1) is 0 Å².